The van der Waals surface area contributed by atoms with Crippen LogP contribution in [0.1, 0.15) is 239 Å². The number of unbranched alkanes of at least 4 members (excludes halogenated alkanes) is 33. The van der Waals surface area contributed by atoms with Gasteiger partial charge in [-0.2, -0.15) is 0 Å². The van der Waals surface area contributed by atoms with E-state index >= 15 is 0 Å². The van der Waals surface area contributed by atoms with E-state index in [-0.39, 0.29) is 0 Å². The van der Waals surface area contributed by atoms with Crippen LogP contribution in [0.3, 0.4) is 0 Å². The minimum Gasteiger partial charge on any atom is -0.398 e. The fraction of sp³-hybridized carbons (Fsp3) is 1.00. The maximum absolute atomic E-state index is 6.07. The van der Waals surface area contributed by atoms with Crippen LogP contribution >= 0.6 is 0 Å². The molecule has 0 heterocycles. The van der Waals surface area contributed by atoms with Crippen LogP contribution in [-0.2, 0) is 8.85 Å². The van der Waals surface area contributed by atoms with Gasteiger partial charge in [-0.1, -0.05) is 239 Å². The third-order valence-corrected chi connectivity index (χ3v) is 14.0. The van der Waals surface area contributed by atoms with E-state index in [1.165, 1.54) is 237 Å². The highest BCUT2D eigenvalue weighted by atomic mass is 28.4. The normalized spacial score (nSPS) is 12.0. The zero-order chi connectivity index (χ0) is 32.1. The molecule has 0 rings (SSSR count). The lowest BCUT2D eigenvalue weighted by atomic mass is 10.0. The fourth-order valence-corrected chi connectivity index (χ4v) is 9.84. The van der Waals surface area contributed by atoms with Gasteiger partial charge in [-0.15, -0.1) is 0 Å². The molecule has 0 amide bonds. The molecule has 0 aromatic carbocycles. The van der Waals surface area contributed by atoms with Crippen molar-refractivity contribution in [2.75, 3.05) is 14.2 Å². The van der Waals surface area contributed by atoms with Gasteiger partial charge in [0.2, 0.25) is 0 Å². The minimum absolute atomic E-state index is 1.19. The molecular weight excluding hydrogens is 553 g/mol. The zero-order valence-electron chi connectivity index (χ0n) is 31.5. The molecule has 0 atom stereocenters. The molecular formula is C41H86O2Si. The van der Waals surface area contributed by atoms with Gasteiger partial charge in [-0.05, 0) is 12.1 Å². The predicted molar refractivity (Wildman–Crippen MR) is 202 cm³/mol. The summed E-state index contributed by atoms with van der Waals surface area (Å²) in [7, 11) is 1.87. The van der Waals surface area contributed by atoms with E-state index in [1.54, 1.807) is 0 Å². The quantitative estimate of drug-likeness (QED) is 0.0492. The van der Waals surface area contributed by atoms with Gasteiger partial charge in [0.15, 0.2) is 0 Å². The van der Waals surface area contributed by atoms with Crippen LogP contribution in [-0.4, -0.2) is 22.8 Å². The van der Waals surface area contributed by atoms with E-state index in [0.29, 0.717) is 0 Å². The van der Waals surface area contributed by atoms with Gasteiger partial charge in [0.1, 0.15) is 0 Å². The van der Waals surface area contributed by atoms with Crippen molar-refractivity contribution in [1.29, 1.82) is 0 Å². The van der Waals surface area contributed by atoms with Crippen LogP contribution in [0.5, 0.6) is 0 Å². The molecule has 0 spiro atoms. The second-order valence-electron chi connectivity index (χ2n) is 14.5. The molecule has 0 aliphatic carbocycles. The van der Waals surface area contributed by atoms with Crippen molar-refractivity contribution in [2.24, 2.45) is 0 Å². The molecule has 0 aliphatic heterocycles. The van der Waals surface area contributed by atoms with Crippen LogP contribution in [0.4, 0.5) is 0 Å². The van der Waals surface area contributed by atoms with Gasteiger partial charge in [0, 0.05) is 14.2 Å². The van der Waals surface area contributed by atoms with E-state index in [1.807, 2.05) is 14.2 Å². The Balaban J connectivity index is 3.48. The SMILES string of the molecule is CCCCCCCCCCCCCCCCCCCC[Si](CCCCCCCCCCCCCCCCCCC)(OC)OC. The van der Waals surface area contributed by atoms with E-state index in [2.05, 4.69) is 13.8 Å². The number of hydrogen-bond acceptors (Lipinski definition) is 2. The lowest BCUT2D eigenvalue weighted by molar-refractivity contribution is 0.238. The first-order valence-corrected chi connectivity index (χ1v) is 23.1. The summed E-state index contributed by atoms with van der Waals surface area (Å²) < 4.78 is 12.1. The Kier molecular flexibility index (Phi) is 37.7. The van der Waals surface area contributed by atoms with Gasteiger partial charge >= 0.3 is 8.56 Å². The molecule has 2 nitrogen and oxygen atoms in total. The maximum Gasteiger partial charge on any atom is 0.337 e. The summed E-state index contributed by atoms with van der Waals surface area (Å²) in [6, 6.07) is 2.38. The summed E-state index contributed by atoms with van der Waals surface area (Å²) >= 11 is 0. The number of hydrogen-bond donors (Lipinski definition) is 0. The molecule has 0 aromatic rings. The summed E-state index contributed by atoms with van der Waals surface area (Å²) in [4.78, 5) is 0. The maximum atomic E-state index is 6.07. The Bertz CT molecular complexity index is 507. The molecule has 0 saturated carbocycles. The summed E-state index contributed by atoms with van der Waals surface area (Å²) in [5, 5.41) is 0. The topological polar surface area (TPSA) is 18.5 Å². The second-order valence-corrected chi connectivity index (χ2v) is 18.1. The van der Waals surface area contributed by atoms with Crippen molar-refractivity contribution in [2.45, 2.75) is 251 Å². The van der Waals surface area contributed by atoms with Crippen LogP contribution in [0.2, 0.25) is 12.1 Å². The minimum atomic E-state index is -1.96. The Morgan fingerprint density at radius 3 is 0.568 bits per heavy atom. The van der Waals surface area contributed by atoms with Crippen molar-refractivity contribution in [3.05, 3.63) is 0 Å². The largest absolute Gasteiger partial charge is 0.398 e. The first kappa shape index (κ1) is 44.1. The molecule has 0 bridgehead atoms. The van der Waals surface area contributed by atoms with Crippen molar-refractivity contribution >= 4 is 8.56 Å². The summed E-state index contributed by atoms with van der Waals surface area (Å²) in [5.41, 5.74) is 0. The smallest absolute Gasteiger partial charge is 0.337 e. The van der Waals surface area contributed by atoms with E-state index in [4.69, 9.17) is 8.85 Å². The first-order valence-electron chi connectivity index (χ1n) is 20.8. The van der Waals surface area contributed by atoms with E-state index in [0.717, 1.165) is 0 Å². The molecule has 0 unspecified atom stereocenters. The summed E-state index contributed by atoms with van der Waals surface area (Å²) in [6.07, 6.45) is 50.2. The van der Waals surface area contributed by atoms with Gasteiger partial charge in [0.25, 0.3) is 0 Å². The zero-order valence-corrected chi connectivity index (χ0v) is 32.5. The van der Waals surface area contributed by atoms with Crippen molar-refractivity contribution < 1.29 is 8.85 Å². The van der Waals surface area contributed by atoms with E-state index in [9.17, 15) is 0 Å². The van der Waals surface area contributed by atoms with Gasteiger partial charge in [0.05, 0.1) is 0 Å². The van der Waals surface area contributed by atoms with Crippen LogP contribution in [0, 0.1) is 0 Å². The fourth-order valence-electron chi connectivity index (χ4n) is 7.03. The molecule has 0 aliphatic rings. The van der Waals surface area contributed by atoms with Crippen LogP contribution in [0.15, 0.2) is 0 Å². The highest BCUT2D eigenvalue weighted by Gasteiger charge is 2.33. The van der Waals surface area contributed by atoms with E-state index < -0.39 is 8.56 Å². The lowest BCUT2D eigenvalue weighted by Gasteiger charge is -2.27. The first-order chi connectivity index (χ1) is 21.7. The summed E-state index contributed by atoms with van der Waals surface area (Å²) in [6.45, 7) is 4.61. The van der Waals surface area contributed by atoms with Gasteiger partial charge in [-0.3, -0.25) is 0 Å². The third kappa shape index (κ3) is 32.1. The monoisotopic (exact) mass is 639 g/mol. The average molecular weight is 639 g/mol. The summed E-state index contributed by atoms with van der Waals surface area (Å²) in [5.74, 6) is 0. The van der Waals surface area contributed by atoms with Gasteiger partial charge < -0.3 is 8.85 Å². The van der Waals surface area contributed by atoms with Crippen molar-refractivity contribution in [3.8, 4) is 0 Å². The Morgan fingerprint density at radius 1 is 0.250 bits per heavy atom. The molecule has 0 aromatic heterocycles. The van der Waals surface area contributed by atoms with Crippen LogP contribution < -0.4 is 0 Å². The molecule has 0 radical (unpaired) electrons. The Morgan fingerprint density at radius 2 is 0.409 bits per heavy atom. The standard InChI is InChI=1S/C41H86O2Si/c1-5-7-9-11-13-15-17-19-21-23-25-27-29-31-33-35-37-39-41-44(42-3,43-4)40-38-36-34-32-30-28-26-24-22-20-18-16-14-12-10-8-6-2/h5-41H2,1-4H3. The lowest BCUT2D eigenvalue weighted by Crippen LogP contribution is -2.39. The highest BCUT2D eigenvalue weighted by molar-refractivity contribution is 6.67. The Labute approximate surface area is 281 Å². The Hall–Kier alpha value is 0.137. The molecule has 44 heavy (non-hydrogen) atoms. The molecule has 0 saturated heterocycles. The predicted octanol–water partition coefficient (Wildman–Crippen LogP) is 15.4. The number of rotatable bonds is 39. The third-order valence-electron chi connectivity index (χ3n) is 10.3. The van der Waals surface area contributed by atoms with Crippen molar-refractivity contribution in [3.63, 3.8) is 0 Å². The molecule has 0 fully saturated rings. The molecule has 3 heteroatoms. The van der Waals surface area contributed by atoms with Crippen LogP contribution in [0.25, 0.3) is 0 Å². The second kappa shape index (κ2) is 37.6. The van der Waals surface area contributed by atoms with Crippen molar-refractivity contribution in [1.82, 2.24) is 0 Å². The molecule has 266 valence electrons. The molecule has 0 N–H and O–H groups in total. The highest BCUT2D eigenvalue weighted by Crippen LogP contribution is 2.25. The van der Waals surface area contributed by atoms with Gasteiger partial charge in [-0.25, -0.2) is 0 Å². The average Bonchev–Trinajstić information content (AvgIpc) is 3.04.